The zero-order valence-corrected chi connectivity index (χ0v) is 15.2. The first-order valence-electron chi connectivity index (χ1n) is 8.48. The fourth-order valence-electron chi connectivity index (χ4n) is 2.75. The van der Waals surface area contributed by atoms with Crippen LogP contribution in [0.3, 0.4) is 0 Å². The molecule has 2 rings (SSSR count). The summed E-state index contributed by atoms with van der Waals surface area (Å²) in [5, 5.41) is 16.5. The summed E-state index contributed by atoms with van der Waals surface area (Å²) in [6.45, 7) is 7.61. The number of aliphatic carboxylic acids is 1. The largest absolute Gasteiger partial charge is 0.481 e. The highest BCUT2D eigenvalue weighted by molar-refractivity contribution is 5.92. The van der Waals surface area contributed by atoms with Crippen LogP contribution in [0.1, 0.15) is 48.4 Å². The maximum Gasteiger partial charge on any atom is 0.311 e. The molecule has 0 unspecified atom stereocenters. The third kappa shape index (κ3) is 3.90. The number of hydrogen-bond donors (Lipinski definition) is 2. The lowest BCUT2D eigenvalue weighted by atomic mass is 9.82. The number of aromatic nitrogens is 2. The molecule has 6 heteroatoms. The summed E-state index contributed by atoms with van der Waals surface area (Å²) in [6.07, 6.45) is 0.909. The number of carboxylic acids is 1. The Kier molecular flexibility index (Phi) is 5.62. The Morgan fingerprint density at radius 3 is 2.28 bits per heavy atom. The van der Waals surface area contributed by atoms with Crippen LogP contribution in [0.5, 0.6) is 0 Å². The van der Waals surface area contributed by atoms with Crippen LogP contribution in [0.4, 0.5) is 0 Å². The Bertz CT molecular complexity index is 759. The number of aryl methyl sites for hydroxylation is 2. The number of amides is 1. The minimum Gasteiger partial charge on any atom is -0.481 e. The third-order valence-electron chi connectivity index (χ3n) is 4.79. The lowest BCUT2D eigenvalue weighted by Gasteiger charge is -2.26. The summed E-state index contributed by atoms with van der Waals surface area (Å²) in [5.41, 5.74) is 2.21. The molecule has 0 spiro atoms. The average molecular weight is 343 g/mol. The van der Waals surface area contributed by atoms with E-state index in [0.29, 0.717) is 12.8 Å². The van der Waals surface area contributed by atoms with Crippen molar-refractivity contribution in [2.45, 2.75) is 40.5 Å². The van der Waals surface area contributed by atoms with E-state index >= 15 is 0 Å². The maximum atomic E-state index is 12.4. The molecule has 134 valence electrons. The van der Waals surface area contributed by atoms with Crippen molar-refractivity contribution in [3.8, 4) is 5.69 Å². The summed E-state index contributed by atoms with van der Waals surface area (Å²) in [4.78, 5) is 23.9. The molecule has 1 aromatic heterocycles. The molecule has 0 bridgehead atoms. The van der Waals surface area contributed by atoms with Crippen LogP contribution in [0.25, 0.3) is 5.69 Å². The smallest absolute Gasteiger partial charge is 0.311 e. The number of nitrogens with zero attached hydrogens (tertiary/aromatic N) is 2. The van der Waals surface area contributed by atoms with Gasteiger partial charge >= 0.3 is 5.97 Å². The maximum absolute atomic E-state index is 12.4. The van der Waals surface area contributed by atoms with E-state index in [1.54, 1.807) is 10.7 Å². The van der Waals surface area contributed by atoms with Crippen LogP contribution < -0.4 is 5.32 Å². The van der Waals surface area contributed by atoms with Crippen LogP contribution >= 0.6 is 0 Å². The van der Waals surface area contributed by atoms with Crippen LogP contribution in [-0.4, -0.2) is 33.3 Å². The molecular weight excluding hydrogens is 318 g/mol. The van der Waals surface area contributed by atoms with Gasteiger partial charge in [-0.25, -0.2) is 4.68 Å². The number of carbonyl (C=O) groups excluding carboxylic acids is 1. The molecule has 1 aromatic carbocycles. The van der Waals surface area contributed by atoms with Crippen molar-refractivity contribution >= 4 is 11.9 Å². The summed E-state index contributed by atoms with van der Waals surface area (Å²) < 4.78 is 1.71. The molecule has 0 fully saturated rings. The van der Waals surface area contributed by atoms with Crippen molar-refractivity contribution in [1.29, 1.82) is 0 Å². The van der Waals surface area contributed by atoms with Crippen molar-refractivity contribution < 1.29 is 14.7 Å². The molecule has 0 radical (unpaired) electrons. The molecule has 0 aliphatic rings. The zero-order valence-electron chi connectivity index (χ0n) is 15.2. The lowest BCUT2D eigenvalue weighted by molar-refractivity contribution is -0.149. The average Bonchev–Trinajstić information content (AvgIpc) is 2.98. The molecule has 0 saturated heterocycles. The second-order valence-electron chi connectivity index (χ2n) is 6.39. The first-order chi connectivity index (χ1) is 11.8. The minimum absolute atomic E-state index is 0.0879. The Morgan fingerprint density at radius 1 is 1.16 bits per heavy atom. The monoisotopic (exact) mass is 343 g/mol. The minimum atomic E-state index is -0.940. The Labute approximate surface area is 147 Å². The van der Waals surface area contributed by atoms with Gasteiger partial charge in [-0.15, -0.1) is 0 Å². The van der Waals surface area contributed by atoms with E-state index in [0.717, 1.165) is 16.9 Å². The van der Waals surface area contributed by atoms with E-state index in [1.807, 2.05) is 52.0 Å². The molecule has 1 heterocycles. The quantitative estimate of drug-likeness (QED) is 0.809. The number of benzene rings is 1. The van der Waals surface area contributed by atoms with Gasteiger partial charge in [-0.1, -0.05) is 31.5 Å². The molecule has 0 aliphatic carbocycles. The molecule has 1 amide bonds. The number of nitrogens with one attached hydrogen (secondary N) is 1. The second kappa shape index (κ2) is 7.51. The lowest BCUT2D eigenvalue weighted by Crippen LogP contribution is -2.42. The number of carbonyl (C=O) groups is 2. The van der Waals surface area contributed by atoms with Crippen LogP contribution in [0.15, 0.2) is 30.3 Å². The molecule has 6 nitrogen and oxygen atoms in total. The summed E-state index contributed by atoms with van der Waals surface area (Å²) >= 11 is 0. The van der Waals surface area contributed by atoms with Crippen LogP contribution in [-0.2, 0) is 4.79 Å². The fraction of sp³-hybridized carbons (Fsp3) is 0.421. The molecule has 0 aliphatic heterocycles. The zero-order chi connectivity index (χ0) is 18.6. The van der Waals surface area contributed by atoms with Gasteiger partial charge in [0.1, 0.15) is 0 Å². The van der Waals surface area contributed by atoms with Crippen LogP contribution in [0.2, 0.25) is 0 Å². The van der Waals surface area contributed by atoms with Crippen molar-refractivity contribution in [1.82, 2.24) is 15.1 Å². The predicted molar refractivity (Wildman–Crippen MR) is 96.0 cm³/mol. The first-order valence-corrected chi connectivity index (χ1v) is 8.48. The first kappa shape index (κ1) is 18.7. The highest BCUT2D eigenvalue weighted by Crippen LogP contribution is 2.25. The van der Waals surface area contributed by atoms with Gasteiger partial charge in [0.05, 0.1) is 11.1 Å². The number of rotatable bonds is 7. The highest BCUT2D eigenvalue weighted by atomic mass is 16.4. The van der Waals surface area contributed by atoms with Gasteiger partial charge in [0.2, 0.25) is 0 Å². The van der Waals surface area contributed by atoms with E-state index in [9.17, 15) is 14.7 Å². The van der Waals surface area contributed by atoms with E-state index in [-0.39, 0.29) is 18.1 Å². The van der Waals surface area contributed by atoms with Crippen molar-refractivity contribution in [2.24, 2.45) is 5.41 Å². The second-order valence-corrected chi connectivity index (χ2v) is 6.39. The summed E-state index contributed by atoms with van der Waals surface area (Å²) in [6, 6.07) is 9.57. The van der Waals surface area contributed by atoms with Gasteiger partial charge in [0.15, 0.2) is 5.69 Å². The Hall–Kier alpha value is -2.63. The third-order valence-corrected chi connectivity index (χ3v) is 4.79. The molecule has 2 aromatic rings. The van der Waals surface area contributed by atoms with Gasteiger partial charge in [-0.05, 0) is 44.9 Å². The summed E-state index contributed by atoms with van der Waals surface area (Å²) in [5.74, 6) is -1.25. The summed E-state index contributed by atoms with van der Waals surface area (Å²) in [7, 11) is 0. The SMILES string of the molecule is CCC(CC)(CNC(=O)c1cc(C)n(-c2ccc(C)cc2)n1)C(=O)O. The van der Waals surface area contributed by atoms with E-state index in [2.05, 4.69) is 10.4 Å². The van der Waals surface area contributed by atoms with Crippen molar-refractivity contribution in [3.63, 3.8) is 0 Å². The van der Waals surface area contributed by atoms with Gasteiger partial charge in [-0.3, -0.25) is 9.59 Å². The molecule has 25 heavy (non-hydrogen) atoms. The van der Waals surface area contributed by atoms with E-state index in [4.69, 9.17) is 0 Å². The number of carboxylic acid groups (broad SMARTS) is 1. The standard InChI is InChI=1S/C19H25N3O3/c1-5-19(6-2,18(24)25)12-20-17(23)16-11-14(4)22(21-16)15-9-7-13(3)8-10-15/h7-11H,5-6,12H2,1-4H3,(H,20,23)(H,24,25). The van der Waals surface area contributed by atoms with Gasteiger partial charge < -0.3 is 10.4 Å². The van der Waals surface area contributed by atoms with Gasteiger partial charge in [0, 0.05) is 12.2 Å². The van der Waals surface area contributed by atoms with E-state index < -0.39 is 11.4 Å². The normalized spacial score (nSPS) is 11.4. The van der Waals surface area contributed by atoms with Gasteiger partial charge in [0.25, 0.3) is 5.91 Å². The highest BCUT2D eigenvalue weighted by Gasteiger charge is 2.35. The van der Waals surface area contributed by atoms with Crippen molar-refractivity contribution in [3.05, 3.63) is 47.3 Å². The van der Waals surface area contributed by atoms with Gasteiger partial charge in [-0.2, -0.15) is 5.10 Å². The topological polar surface area (TPSA) is 84.2 Å². The molecule has 0 atom stereocenters. The van der Waals surface area contributed by atoms with Crippen molar-refractivity contribution in [2.75, 3.05) is 6.54 Å². The predicted octanol–water partition coefficient (Wildman–Crippen LogP) is 3.11. The Morgan fingerprint density at radius 2 is 1.76 bits per heavy atom. The van der Waals surface area contributed by atoms with E-state index in [1.165, 1.54) is 0 Å². The number of hydrogen-bond acceptors (Lipinski definition) is 3. The molecule has 2 N–H and O–H groups in total. The molecular formula is C19H25N3O3. The van der Waals surface area contributed by atoms with Crippen LogP contribution in [0, 0.1) is 19.3 Å². The molecule has 0 saturated carbocycles. The fourth-order valence-corrected chi connectivity index (χ4v) is 2.75. The Balaban J connectivity index is 2.17.